The monoisotopic (exact) mass is 460 g/mol. The molecule has 7 nitrogen and oxygen atoms in total. The number of rotatable bonds is 13. The van der Waals surface area contributed by atoms with Crippen molar-refractivity contribution in [2.24, 2.45) is 10.2 Å². The standard InChI is InChI=1S/C24H36N2O5Si/c1-18(2)29-32(30-19(3)4,31-20(5)6)17-7-16-28-24-14-10-22(11-15-24)26-25-21-8-12-23(27)13-9-21/h8-15,18-20,27H,7,16-17H2,1-6H3. The van der Waals surface area contributed by atoms with Crippen molar-refractivity contribution in [1.29, 1.82) is 0 Å². The lowest BCUT2D eigenvalue weighted by Crippen LogP contribution is -2.50. The lowest BCUT2D eigenvalue weighted by molar-refractivity contribution is 0.00227. The van der Waals surface area contributed by atoms with Crippen LogP contribution in [0.3, 0.4) is 0 Å². The molecule has 0 aliphatic heterocycles. The molecule has 0 bridgehead atoms. The number of hydrogen-bond acceptors (Lipinski definition) is 7. The molecule has 0 saturated carbocycles. The van der Waals surface area contributed by atoms with Crippen LogP contribution in [-0.4, -0.2) is 38.8 Å². The lowest BCUT2D eigenvalue weighted by atomic mass is 10.3. The molecule has 0 atom stereocenters. The van der Waals surface area contributed by atoms with Crippen molar-refractivity contribution in [2.45, 2.75) is 72.3 Å². The Balaban J connectivity index is 1.89. The van der Waals surface area contributed by atoms with Gasteiger partial charge in [0.25, 0.3) is 0 Å². The van der Waals surface area contributed by atoms with Gasteiger partial charge in [0.05, 0.1) is 18.0 Å². The molecule has 0 unspecified atom stereocenters. The highest BCUT2D eigenvalue weighted by atomic mass is 28.4. The van der Waals surface area contributed by atoms with E-state index in [0.717, 1.165) is 17.9 Å². The average Bonchev–Trinajstić information content (AvgIpc) is 2.70. The van der Waals surface area contributed by atoms with Crippen LogP contribution in [0.25, 0.3) is 0 Å². The van der Waals surface area contributed by atoms with E-state index in [-0.39, 0.29) is 24.1 Å². The second-order valence-corrected chi connectivity index (χ2v) is 10.9. The second-order valence-electron chi connectivity index (χ2n) is 8.35. The molecule has 0 radical (unpaired) electrons. The van der Waals surface area contributed by atoms with E-state index in [0.29, 0.717) is 18.3 Å². The van der Waals surface area contributed by atoms with Crippen LogP contribution in [0.5, 0.6) is 11.5 Å². The summed E-state index contributed by atoms with van der Waals surface area (Å²) >= 11 is 0. The predicted octanol–water partition coefficient (Wildman–Crippen LogP) is 6.79. The average molecular weight is 461 g/mol. The highest BCUT2D eigenvalue weighted by molar-refractivity contribution is 6.60. The van der Waals surface area contributed by atoms with E-state index in [1.807, 2.05) is 65.8 Å². The third kappa shape index (κ3) is 9.48. The van der Waals surface area contributed by atoms with Gasteiger partial charge in [0, 0.05) is 24.4 Å². The number of nitrogens with zero attached hydrogens (tertiary/aromatic N) is 2. The number of phenolic OH excluding ortho intramolecular Hbond substituents is 1. The van der Waals surface area contributed by atoms with E-state index in [2.05, 4.69) is 10.2 Å². The summed E-state index contributed by atoms with van der Waals surface area (Å²) in [6, 6.07) is 14.7. The maximum absolute atomic E-state index is 9.32. The smallest absolute Gasteiger partial charge is 0.501 e. The molecular formula is C24H36N2O5Si. The Labute approximate surface area is 192 Å². The summed E-state index contributed by atoms with van der Waals surface area (Å²) in [5, 5.41) is 17.7. The maximum Gasteiger partial charge on any atom is 0.501 e. The summed E-state index contributed by atoms with van der Waals surface area (Å²) in [6.45, 7) is 12.6. The quantitative estimate of drug-likeness (QED) is 0.202. The first-order valence-electron chi connectivity index (χ1n) is 11.1. The zero-order valence-corrected chi connectivity index (χ0v) is 20.9. The molecule has 0 aliphatic rings. The van der Waals surface area contributed by atoms with Crippen molar-refractivity contribution in [3.63, 3.8) is 0 Å². The highest BCUT2D eigenvalue weighted by Gasteiger charge is 2.43. The maximum atomic E-state index is 9.32. The Morgan fingerprint density at radius 3 is 1.59 bits per heavy atom. The molecular weight excluding hydrogens is 424 g/mol. The lowest BCUT2D eigenvalue weighted by Gasteiger charge is -2.34. The molecule has 0 saturated heterocycles. The molecule has 2 aromatic rings. The summed E-state index contributed by atoms with van der Waals surface area (Å²) < 4.78 is 24.5. The Morgan fingerprint density at radius 1 is 0.719 bits per heavy atom. The topological polar surface area (TPSA) is 81.9 Å². The van der Waals surface area contributed by atoms with Crippen molar-refractivity contribution in [3.8, 4) is 11.5 Å². The number of azo groups is 1. The number of benzene rings is 2. The Hall–Kier alpha value is -2.26. The number of ether oxygens (including phenoxy) is 1. The van der Waals surface area contributed by atoms with Crippen LogP contribution < -0.4 is 4.74 Å². The fraction of sp³-hybridized carbons (Fsp3) is 0.500. The Kier molecular flexibility index (Phi) is 10.3. The van der Waals surface area contributed by atoms with Gasteiger partial charge in [-0.15, -0.1) is 0 Å². The van der Waals surface area contributed by atoms with Gasteiger partial charge in [0.1, 0.15) is 11.5 Å². The fourth-order valence-electron chi connectivity index (χ4n) is 3.06. The summed E-state index contributed by atoms with van der Waals surface area (Å²) in [5.74, 6) is 0.966. The molecule has 176 valence electrons. The Morgan fingerprint density at radius 2 is 1.16 bits per heavy atom. The van der Waals surface area contributed by atoms with E-state index in [9.17, 15) is 5.11 Å². The van der Waals surface area contributed by atoms with Gasteiger partial charge in [-0.1, -0.05) is 0 Å². The third-order valence-electron chi connectivity index (χ3n) is 4.11. The molecule has 0 spiro atoms. The largest absolute Gasteiger partial charge is 0.508 e. The minimum absolute atomic E-state index is 0.0309. The number of aromatic hydroxyl groups is 1. The van der Waals surface area contributed by atoms with Gasteiger partial charge < -0.3 is 23.1 Å². The number of phenols is 1. The van der Waals surface area contributed by atoms with Crippen molar-refractivity contribution in [2.75, 3.05) is 6.61 Å². The third-order valence-corrected chi connectivity index (χ3v) is 7.57. The first kappa shape index (κ1) is 26.0. The minimum Gasteiger partial charge on any atom is -0.508 e. The SMILES string of the molecule is CC(C)O[Si](CCCOc1ccc(N=Nc2ccc(O)cc2)cc1)(OC(C)C)OC(C)C. The molecule has 0 fully saturated rings. The molecule has 1 N–H and O–H groups in total. The highest BCUT2D eigenvalue weighted by Crippen LogP contribution is 2.25. The van der Waals surface area contributed by atoms with Crippen molar-refractivity contribution in [3.05, 3.63) is 48.5 Å². The van der Waals surface area contributed by atoms with E-state index in [1.54, 1.807) is 24.3 Å². The van der Waals surface area contributed by atoms with Crippen LogP contribution in [-0.2, 0) is 13.3 Å². The van der Waals surface area contributed by atoms with Crippen LogP contribution in [0.15, 0.2) is 58.8 Å². The molecule has 8 heteroatoms. The van der Waals surface area contributed by atoms with Crippen LogP contribution in [0, 0.1) is 0 Å². The van der Waals surface area contributed by atoms with Crippen LogP contribution >= 0.6 is 0 Å². The molecule has 0 amide bonds. The summed E-state index contributed by atoms with van der Waals surface area (Å²) in [6.07, 6.45) is 0.857. The first-order chi connectivity index (χ1) is 15.2. The van der Waals surface area contributed by atoms with Crippen LogP contribution in [0.1, 0.15) is 48.0 Å². The second kappa shape index (κ2) is 12.7. The minimum atomic E-state index is -2.80. The van der Waals surface area contributed by atoms with E-state index < -0.39 is 8.80 Å². The molecule has 2 aromatic carbocycles. The molecule has 0 aliphatic carbocycles. The molecule has 0 heterocycles. The van der Waals surface area contributed by atoms with Gasteiger partial charge in [-0.05, 0) is 96.5 Å². The molecule has 0 aromatic heterocycles. The van der Waals surface area contributed by atoms with Crippen LogP contribution in [0.4, 0.5) is 11.4 Å². The van der Waals surface area contributed by atoms with E-state index in [1.165, 1.54) is 0 Å². The van der Waals surface area contributed by atoms with Crippen molar-refractivity contribution in [1.82, 2.24) is 0 Å². The molecule has 32 heavy (non-hydrogen) atoms. The summed E-state index contributed by atoms with van der Waals surface area (Å²) in [4.78, 5) is 0. The zero-order chi connectivity index (χ0) is 23.6. The van der Waals surface area contributed by atoms with Gasteiger partial charge in [-0.2, -0.15) is 10.2 Å². The van der Waals surface area contributed by atoms with E-state index >= 15 is 0 Å². The van der Waals surface area contributed by atoms with Crippen molar-refractivity contribution >= 4 is 20.2 Å². The van der Waals surface area contributed by atoms with Gasteiger partial charge >= 0.3 is 8.80 Å². The predicted molar refractivity (Wildman–Crippen MR) is 128 cm³/mol. The van der Waals surface area contributed by atoms with Crippen molar-refractivity contribution < 1.29 is 23.1 Å². The van der Waals surface area contributed by atoms with Crippen LogP contribution in [0.2, 0.25) is 6.04 Å². The normalized spacial score (nSPS) is 12.4. The van der Waals surface area contributed by atoms with E-state index in [4.69, 9.17) is 18.0 Å². The summed E-state index contributed by atoms with van der Waals surface area (Å²) in [7, 11) is -2.80. The zero-order valence-electron chi connectivity index (χ0n) is 19.9. The number of hydrogen-bond donors (Lipinski definition) is 1. The first-order valence-corrected chi connectivity index (χ1v) is 13.1. The van der Waals surface area contributed by atoms with Gasteiger partial charge in [0.2, 0.25) is 0 Å². The fourth-order valence-corrected chi connectivity index (χ4v) is 6.31. The summed E-state index contributed by atoms with van der Waals surface area (Å²) in [5.41, 5.74) is 1.39. The van der Waals surface area contributed by atoms with Gasteiger partial charge in [0.15, 0.2) is 0 Å². The molecule has 2 rings (SSSR count). The Bertz CT molecular complexity index is 797. The van der Waals surface area contributed by atoms with Gasteiger partial charge in [-0.25, -0.2) is 0 Å². The van der Waals surface area contributed by atoms with Gasteiger partial charge in [-0.3, -0.25) is 0 Å².